The highest BCUT2D eigenvalue weighted by atomic mass is 16.6. The molecule has 0 aliphatic carbocycles. The number of benzene rings is 1. The predicted molar refractivity (Wildman–Crippen MR) is 79.3 cm³/mol. The van der Waals surface area contributed by atoms with Gasteiger partial charge in [-0.2, -0.15) is 5.26 Å². The summed E-state index contributed by atoms with van der Waals surface area (Å²) in [6, 6.07) is 12.8. The maximum atomic E-state index is 11.3. The SMILES string of the molecule is Cc1cnc(N(CCC#N)c2ccccc2)c([N+](=O)[O-])c1. The fourth-order valence-electron chi connectivity index (χ4n) is 2.02. The van der Waals surface area contributed by atoms with Gasteiger partial charge >= 0.3 is 5.69 Å². The van der Waals surface area contributed by atoms with Gasteiger partial charge in [-0.05, 0) is 24.6 Å². The van der Waals surface area contributed by atoms with E-state index in [2.05, 4.69) is 11.1 Å². The van der Waals surface area contributed by atoms with Crippen molar-refractivity contribution in [2.24, 2.45) is 0 Å². The summed E-state index contributed by atoms with van der Waals surface area (Å²) in [5.74, 6) is 0.257. The van der Waals surface area contributed by atoms with E-state index in [1.807, 2.05) is 30.3 Å². The average molecular weight is 282 g/mol. The third-order valence-electron chi connectivity index (χ3n) is 2.95. The van der Waals surface area contributed by atoms with E-state index in [0.717, 1.165) is 11.3 Å². The number of pyridine rings is 1. The lowest BCUT2D eigenvalue weighted by atomic mass is 10.2. The van der Waals surface area contributed by atoms with Crippen LogP contribution in [0.5, 0.6) is 0 Å². The number of nitriles is 1. The molecule has 1 aromatic heterocycles. The first-order chi connectivity index (χ1) is 10.1. The average Bonchev–Trinajstić information content (AvgIpc) is 2.49. The van der Waals surface area contributed by atoms with Gasteiger partial charge in [-0.1, -0.05) is 18.2 Å². The van der Waals surface area contributed by atoms with Crippen molar-refractivity contribution in [3.8, 4) is 6.07 Å². The van der Waals surface area contributed by atoms with Crippen LogP contribution in [0.1, 0.15) is 12.0 Å². The van der Waals surface area contributed by atoms with Crippen LogP contribution in [0.25, 0.3) is 0 Å². The molecule has 6 nitrogen and oxygen atoms in total. The number of anilines is 2. The molecule has 2 aromatic rings. The fraction of sp³-hybridized carbons (Fsp3) is 0.200. The van der Waals surface area contributed by atoms with E-state index in [-0.39, 0.29) is 17.9 Å². The Bertz CT molecular complexity index is 680. The number of rotatable bonds is 5. The van der Waals surface area contributed by atoms with Crippen molar-refractivity contribution in [3.63, 3.8) is 0 Å². The second-order valence-corrected chi connectivity index (χ2v) is 4.51. The molecule has 0 aliphatic rings. The topological polar surface area (TPSA) is 83.1 Å². The van der Waals surface area contributed by atoms with Crippen LogP contribution in [0.15, 0.2) is 42.6 Å². The molecule has 0 fully saturated rings. The number of hydrogen-bond acceptors (Lipinski definition) is 5. The predicted octanol–water partition coefficient (Wildman–Crippen LogP) is 3.35. The summed E-state index contributed by atoms with van der Waals surface area (Å²) in [5.41, 5.74) is 1.43. The second-order valence-electron chi connectivity index (χ2n) is 4.51. The molecule has 1 heterocycles. The van der Waals surface area contributed by atoms with E-state index >= 15 is 0 Å². The van der Waals surface area contributed by atoms with Crippen molar-refractivity contribution in [3.05, 3.63) is 58.3 Å². The molecular weight excluding hydrogens is 268 g/mol. The molecule has 0 amide bonds. The highest BCUT2D eigenvalue weighted by Crippen LogP contribution is 2.32. The smallest absolute Gasteiger partial charge is 0.312 e. The Morgan fingerprint density at radius 1 is 1.38 bits per heavy atom. The van der Waals surface area contributed by atoms with Gasteiger partial charge in [0.05, 0.1) is 17.4 Å². The quantitative estimate of drug-likeness (QED) is 0.620. The molecule has 0 N–H and O–H groups in total. The Morgan fingerprint density at radius 2 is 2.10 bits per heavy atom. The number of para-hydroxylation sites is 1. The first-order valence-electron chi connectivity index (χ1n) is 6.44. The summed E-state index contributed by atoms with van der Waals surface area (Å²) in [4.78, 5) is 16.7. The molecule has 21 heavy (non-hydrogen) atoms. The fourth-order valence-corrected chi connectivity index (χ4v) is 2.02. The Kier molecular flexibility index (Phi) is 4.46. The van der Waals surface area contributed by atoms with Crippen LogP contribution in [-0.2, 0) is 0 Å². The van der Waals surface area contributed by atoms with E-state index in [1.165, 1.54) is 6.07 Å². The van der Waals surface area contributed by atoms with Gasteiger partial charge in [0.25, 0.3) is 0 Å². The first-order valence-corrected chi connectivity index (χ1v) is 6.44. The van der Waals surface area contributed by atoms with Crippen LogP contribution < -0.4 is 4.90 Å². The number of hydrogen-bond donors (Lipinski definition) is 0. The normalized spacial score (nSPS) is 9.90. The monoisotopic (exact) mass is 282 g/mol. The van der Waals surface area contributed by atoms with Crippen molar-refractivity contribution in [2.75, 3.05) is 11.4 Å². The number of aromatic nitrogens is 1. The molecule has 0 saturated heterocycles. The minimum absolute atomic E-state index is 0.0585. The third kappa shape index (κ3) is 3.34. The Labute approximate surface area is 122 Å². The lowest BCUT2D eigenvalue weighted by Crippen LogP contribution is -2.20. The molecule has 2 rings (SSSR count). The molecule has 6 heteroatoms. The van der Waals surface area contributed by atoms with Crippen molar-refractivity contribution in [1.29, 1.82) is 5.26 Å². The van der Waals surface area contributed by atoms with E-state index in [1.54, 1.807) is 18.0 Å². The lowest BCUT2D eigenvalue weighted by molar-refractivity contribution is -0.384. The molecule has 0 aliphatic heterocycles. The largest absolute Gasteiger partial charge is 0.320 e. The molecule has 0 unspecified atom stereocenters. The molecule has 0 radical (unpaired) electrons. The summed E-state index contributed by atoms with van der Waals surface area (Å²) in [5, 5.41) is 20.1. The molecular formula is C15H14N4O2. The van der Waals surface area contributed by atoms with Crippen LogP contribution in [0.3, 0.4) is 0 Å². The van der Waals surface area contributed by atoms with Gasteiger partial charge in [-0.15, -0.1) is 0 Å². The van der Waals surface area contributed by atoms with E-state index < -0.39 is 4.92 Å². The minimum atomic E-state index is -0.447. The molecule has 0 bridgehead atoms. The molecule has 0 saturated carbocycles. The van der Waals surface area contributed by atoms with Crippen LogP contribution in [0, 0.1) is 28.4 Å². The zero-order chi connectivity index (χ0) is 15.2. The highest BCUT2D eigenvalue weighted by molar-refractivity contribution is 5.68. The van der Waals surface area contributed by atoms with Gasteiger partial charge in [0, 0.05) is 24.5 Å². The second kappa shape index (κ2) is 6.48. The van der Waals surface area contributed by atoms with E-state index in [0.29, 0.717) is 6.54 Å². The van der Waals surface area contributed by atoms with Crippen molar-refractivity contribution in [2.45, 2.75) is 13.3 Å². The summed E-state index contributed by atoms with van der Waals surface area (Å²) in [6.07, 6.45) is 1.84. The summed E-state index contributed by atoms with van der Waals surface area (Å²) < 4.78 is 0. The number of nitrogens with zero attached hydrogens (tertiary/aromatic N) is 4. The molecule has 1 aromatic carbocycles. The van der Waals surface area contributed by atoms with Gasteiger partial charge < -0.3 is 4.90 Å². The van der Waals surface area contributed by atoms with Gasteiger partial charge in [-0.3, -0.25) is 10.1 Å². The lowest BCUT2D eigenvalue weighted by Gasteiger charge is -2.22. The Balaban J connectivity index is 2.52. The zero-order valence-electron chi connectivity index (χ0n) is 11.6. The van der Waals surface area contributed by atoms with Crippen LogP contribution in [0.4, 0.5) is 17.2 Å². The van der Waals surface area contributed by atoms with Crippen LogP contribution in [-0.4, -0.2) is 16.5 Å². The van der Waals surface area contributed by atoms with E-state index in [4.69, 9.17) is 5.26 Å². The summed E-state index contributed by atoms with van der Waals surface area (Å²) in [6.45, 7) is 2.10. The van der Waals surface area contributed by atoms with Crippen molar-refractivity contribution in [1.82, 2.24) is 4.98 Å². The van der Waals surface area contributed by atoms with Gasteiger partial charge in [0.15, 0.2) is 0 Å². The van der Waals surface area contributed by atoms with Gasteiger partial charge in [-0.25, -0.2) is 4.98 Å². The molecule has 0 spiro atoms. The molecule has 106 valence electrons. The Hall–Kier alpha value is -2.94. The summed E-state index contributed by atoms with van der Waals surface area (Å²) >= 11 is 0. The van der Waals surface area contributed by atoms with Gasteiger partial charge in [0.2, 0.25) is 5.82 Å². The third-order valence-corrected chi connectivity index (χ3v) is 2.95. The number of aryl methyl sites for hydroxylation is 1. The van der Waals surface area contributed by atoms with Crippen LogP contribution >= 0.6 is 0 Å². The first kappa shape index (κ1) is 14.5. The zero-order valence-corrected chi connectivity index (χ0v) is 11.6. The maximum absolute atomic E-state index is 11.3. The van der Waals surface area contributed by atoms with Gasteiger partial charge in [0.1, 0.15) is 0 Å². The van der Waals surface area contributed by atoms with E-state index in [9.17, 15) is 10.1 Å². The van der Waals surface area contributed by atoms with Crippen molar-refractivity contribution < 1.29 is 4.92 Å². The standard InChI is InChI=1S/C15H14N4O2/c1-12-10-14(19(20)21)15(17-11-12)18(9-5-8-16)13-6-3-2-4-7-13/h2-4,6-7,10-11H,5,9H2,1H3. The Morgan fingerprint density at radius 3 is 2.71 bits per heavy atom. The highest BCUT2D eigenvalue weighted by Gasteiger charge is 2.22. The summed E-state index contributed by atoms with van der Waals surface area (Å²) in [7, 11) is 0. The maximum Gasteiger partial charge on any atom is 0.312 e. The molecule has 0 atom stereocenters. The minimum Gasteiger partial charge on any atom is -0.320 e. The van der Waals surface area contributed by atoms with Crippen LogP contribution in [0.2, 0.25) is 0 Å². The number of nitro groups is 1. The van der Waals surface area contributed by atoms with Crippen molar-refractivity contribution >= 4 is 17.2 Å².